The molecule has 0 aliphatic rings. The highest BCUT2D eigenvalue weighted by Gasteiger charge is 2.10. The molecule has 2 aromatic carbocycles. The maximum Gasteiger partial charge on any atom is 0.129 e. The maximum atomic E-state index is 5.64. The average Bonchev–Trinajstić information content (AvgIpc) is 2.55. The van der Waals surface area contributed by atoms with Gasteiger partial charge in [0.05, 0.1) is 12.1 Å². The van der Waals surface area contributed by atoms with Gasteiger partial charge in [0.2, 0.25) is 0 Å². The first-order chi connectivity index (χ1) is 10.7. The number of hydrogen-bond donors (Lipinski definition) is 0. The summed E-state index contributed by atoms with van der Waals surface area (Å²) in [5.41, 5.74) is 3.34. The number of benzene rings is 2. The molecule has 0 spiro atoms. The molecule has 0 fully saturated rings. The van der Waals surface area contributed by atoms with Gasteiger partial charge in [0, 0.05) is 19.5 Å². The van der Waals surface area contributed by atoms with Crippen LogP contribution in [-0.4, -0.2) is 25.7 Å². The molecule has 112 valence electrons. The van der Waals surface area contributed by atoms with Gasteiger partial charge in [-0.25, -0.2) is 4.98 Å². The van der Waals surface area contributed by atoms with Gasteiger partial charge >= 0.3 is 0 Å². The zero-order valence-corrected chi connectivity index (χ0v) is 13.2. The van der Waals surface area contributed by atoms with Gasteiger partial charge in [0.1, 0.15) is 11.6 Å². The zero-order chi connectivity index (χ0) is 15.5. The summed E-state index contributed by atoms with van der Waals surface area (Å²) >= 11 is 0. The fraction of sp³-hybridized carbons (Fsp3) is 0.211. The number of nitrogens with zero attached hydrogens (tertiary/aromatic N) is 2. The first kappa shape index (κ1) is 14.4. The van der Waals surface area contributed by atoms with E-state index in [-0.39, 0.29) is 0 Å². The molecule has 0 saturated carbocycles. The predicted octanol–water partition coefficient (Wildman–Crippen LogP) is 4.37. The molecule has 3 aromatic rings. The number of anilines is 1. The van der Waals surface area contributed by atoms with Crippen LogP contribution < -0.4 is 9.64 Å². The summed E-state index contributed by atoms with van der Waals surface area (Å²) in [6.07, 6.45) is 0. The Morgan fingerprint density at radius 3 is 2.45 bits per heavy atom. The molecule has 0 amide bonds. The van der Waals surface area contributed by atoms with E-state index < -0.39 is 0 Å². The van der Waals surface area contributed by atoms with Crippen molar-refractivity contribution in [2.75, 3.05) is 25.6 Å². The van der Waals surface area contributed by atoms with E-state index in [1.54, 1.807) is 0 Å². The Morgan fingerprint density at radius 1 is 1.00 bits per heavy atom. The van der Waals surface area contributed by atoms with Gasteiger partial charge in [-0.3, -0.25) is 0 Å². The molecule has 0 radical (unpaired) electrons. The second-order valence-corrected chi connectivity index (χ2v) is 5.40. The molecule has 0 aliphatic carbocycles. The van der Waals surface area contributed by atoms with Crippen LogP contribution in [0.2, 0.25) is 0 Å². The van der Waals surface area contributed by atoms with Crippen LogP contribution in [-0.2, 0) is 0 Å². The highest BCUT2D eigenvalue weighted by atomic mass is 16.5. The fourth-order valence-electron chi connectivity index (χ4n) is 2.53. The lowest BCUT2D eigenvalue weighted by molar-refractivity contribution is 0.340. The molecule has 0 aliphatic heterocycles. The topological polar surface area (TPSA) is 25.4 Å². The van der Waals surface area contributed by atoms with Crippen LogP contribution in [0.3, 0.4) is 0 Å². The minimum Gasteiger partial charge on any atom is -0.494 e. The molecule has 3 nitrogen and oxygen atoms in total. The molecular weight excluding hydrogens is 272 g/mol. The Morgan fingerprint density at radius 2 is 1.77 bits per heavy atom. The second-order valence-electron chi connectivity index (χ2n) is 5.40. The van der Waals surface area contributed by atoms with Crippen LogP contribution in [0.25, 0.3) is 22.0 Å². The molecule has 3 rings (SSSR count). The minimum atomic E-state index is 0.662. The van der Waals surface area contributed by atoms with E-state index in [9.17, 15) is 0 Å². The standard InChI is InChI=1S/C19H20N2O/c1-4-22-15-10-11-18-17(12-15)16(13-19(20-18)21(2)3)14-8-6-5-7-9-14/h5-13H,4H2,1-3H3. The van der Waals surface area contributed by atoms with Crippen molar-refractivity contribution in [2.24, 2.45) is 0 Å². The third kappa shape index (κ3) is 2.75. The summed E-state index contributed by atoms with van der Waals surface area (Å²) in [4.78, 5) is 6.76. The third-order valence-electron chi connectivity index (χ3n) is 3.62. The Kier molecular flexibility index (Phi) is 3.96. The highest BCUT2D eigenvalue weighted by Crippen LogP contribution is 2.33. The molecule has 0 N–H and O–H groups in total. The van der Waals surface area contributed by atoms with Gasteiger partial charge in [-0.05, 0) is 42.3 Å². The molecule has 1 aromatic heterocycles. The van der Waals surface area contributed by atoms with Crippen molar-refractivity contribution in [1.82, 2.24) is 4.98 Å². The number of pyridine rings is 1. The van der Waals surface area contributed by atoms with Crippen LogP contribution in [0.1, 0.15) is 6.92 Å². The van der Waals surface area contributed by atoms with Gasteiger partial charge in [-0.1, -0.05) is 30.3 Å². The van der Waals surface area contributed by atoms with Crippen molar-refractivity contribution in [1.29, 1.82) is 0 Å². The lowest BCUT2D eigenvalue weighted by Crippen LogP contribution is -2.10. The van der Waals surface area contributed by atoms with E-state index in [4.69, 9.17) is 9.72 Å². The summed E-state index contributed by atoms with van der Waals surface area (Å²) < 4.78 is 5.64. The average molecular weight is 292 g/mol. The summed E-state index contributed by atoms with van der Waals surface area (Å²) in [7, 11) is 4.02. The highest BCUT2D eigenvalue weighted by molar-refractivity contribution is 5.96. The molecule has 0 saturated heterocycles. The van der Waals surface area contributed by atoms with Gasteiger partial charge in [-0.15, -0.1) is 0 Å². The van der Waals surface area contributed by atoms with Crippen molar-refractivity contribution in [3.63, 3.8) is 0 Å². The van der Waals surface area contributed by atoms with Crippen molar-refractivity contribution >= 4 is 16.7 Å². The monoisotopic (exact) mass is 292 g/mol. The fourth-order valence-corrected chi connectivity index (χ4v) is 2.53. The van der Waals surface area contributed by atoms with Crippen molar-refractivity contribution in [2.45, 2.75) is 6.92 Å². The lowest BCUT2D eigenvalue weighted by atomic mass is 10.0. The van der Waals surface area contributed by atoms with E-state index in [0.717, 1.165) is 22.5 Å². The number of aromatic nitrogens is 1. The SMILES string of the molecule is CCOc1ccc2nc(N(C)C)cc(-c3ccccc3)c2c1. The predicted molar refractivity (Wildman–Crippen MR) is 92.7 cm³/mol. The summed E-state index contributed by atoms with van der Waals surface area (Å²) in [5.74, 6) is 1.84. The molecule has 1 heterocycles. The second kappa shape index (κ2) is 6.06. The number of ether oxygens (including phenoxy) is 1. The largest absolute Gasteiger partial charge is 0.494 e. The van der Waals surface area contributed by atoms with Crippen LogP contribution in [0.15, 0.2) is 54.6 Å². The van der Waals surface area contributed by atoms with Gasteiger partial charge < -0.3 is 9.64 Å². The molecule has 3 heteroatoms. The van der Waals surface area contributed by atoms with Gasteiger partial charge in [-0.2, -0.15) is 0 Å². The van der Waals surface area contributed by atoms with Crippen molar-refractivity contribution < 1.29 is 4.74 Å². The third-order valence-corrected chi connectivity index (χ3v) is 3.62. The molecule has 22 heavy (non-hydrogen) atoms. The van der Waals surface area contributed by atoms with E-state index >= 15 is 0 Å². The molecular formula is C19H20N2O. The smallest absolute Gasteiger partial charge is 0.129 e. The van der Waals surface area contributed by atoms with E-state index in [1.807, 2.05) is 44.1 Å². The number of rotatable bonds is 4. The van der Waals surface area contributed by atoms with Crippen LogP contribution in [0.5, 0.6) is 5.75 Å². The summed E-state index contributed by atoms with van der Waals surface area (Å²) in [6, 6.07) is 18.6. The molecule has 0 atom stereocenters. The number of hydrogen-bond acceptors (Lipinski definition) is 3. The first-order valence-electron chi connectivity index (χ1n) is 7.49. The number of fused-ring (bicyclic) bond motifs is 1. The van der Waals surface area contributed by atoms with Crippen molar-refractivity contribution in [3.8, 4) is 16.9 Å². The Balaban J connectivity index is 2.27. The Hall–Kier alpha value is -2.55. The van der Waals surface area contributed by atoms with Crippen LogP contribution in [0, 0.1) is 0 Å². The Labute approximate surface area is 131 Å². The maximum absolute atomic E-state index is 5.64. The lowest BCUT2D eigenvalue weighted by Gasteiger charge is -2.16. The Bertz CT molecular complexity index is 782. The normalized spacial score (nSPS) is 10.7. The van der Waals surface area contributed by atoms with Crippen LogP contribution >= 0.6 is 0 Å². The van der Waals surface area contributed by atoms with E-state index in [2.05, 4.69) is 36.4 Å². The van der Waals surface area contributed by atoms with Crippen molar-refractivity contribution in [3.05, 3.63) is 54.6 Å². The van der Waals surface area contributed by atoms with Gasteiger partial charge in [0.25, 0.3) is 0 Å². The van der Waals surface area contributed by atoms with E-state index in [1.165, 1.54) is 11.1 Å². The molecule has 0 bridgehead atoms. The van der Waals surface area contributed by atoms with Gasteiger partial charge in [0.15, 0.2) is 0 Å². The van der Waals surface area contributed by atoms with Crippen LogP contribution in [0.4, 0.5) is 5.82 Å². The summed E-state index contributed by atoms with van der Waals surface area (Å²) in [6.45, 7) is 2.66. The molecule has 0 unspecified atom stereocenters. The van der Waals surface area contributed by atoms with E-state index in [0.29, 0.717) is 6.61 Å². The quantitative estimate of drug-likeness (QED) is 0.714. The zero-order valence-electron chi connectivity index (χ0n) is 13.2. The minimum absolute atomic E-state index is 0.662. The first-order valence-corrected chi connectivity index (χ1v) is 7.49. The summed E-state index contributed by atoms with van der Waals surface area (Å²) in [5, 5.41) is 1.11.